The van der Waals surface area contributed by atoms with Crippen LogP contribution in [0.3, 0.4) is 0 Å². The number of hydrogen-bond acceptors (Lipinski definition) is 4. The third-order valence-corrected chi connectivity index (χ3v) is 5.09. The molecule has 4 rings (SSSR count). The van der Waals surface area contributed by atoms with E-state index in [-0.39, 0.29) is 18.4 Å². The lowest BCUT2D eigenvalue weighted by atomic mass is 10.1. The van der Waals surface area contributed by atoms with Gasteiger partial charge in [-0.05, 0) is 55.8 Å². The molecule has 0 saturated carbocycles. The molecular weight excluding hydrogens is 386 g/mol. The van der Waals surface area contributed by atoms with Gasteiger partial charge in [-0.1, -0.05) is 48.5 Å². The first kappa shape index (κ1) is 20.4. The zero-order valence-electron chi connectivity index (χ0n) is 17.6. The lowest BCUT2D eigenvalue weighted by Crippen LogP contribution is -2.15. The van der Waals surface area contributed by atoms with Crippen LogP contribution in [-0.4, -0.2) is 10.9 Å². The number of oxazole rings is 1. The van der Waals surface area contributed by atoms with Crippen molar-refractivity contribution in [3.05, 3.63) is 102 Å². The molecule has 1 aromatic heterocycles. The third kappa shape index (κ3) is 5.20. The first-order chi connectivity index (χ1) is 15.1. The van der Waals surface area contributed by atoms with Crippen molar-refractivity contribution in [2.45, 2.75) is 26.3 Å². The van der Waals surface area contributed by atoms with E-state index < -0.39 is 0 Å². The second-order valence-corrected chi connectivity index (χ2v) is 7.47. The number of amides is 1. The number of hydrogen-bond donors (Lipinski definition) is 2. The quantitative estimate of drug-likeness (QED) is 0.391. The van der Waals surface area contributed by atoms with Crippen LogP contribution in [0.2, 0.25) is 0 Å². The van der Waals surface area contributed by atoms with Crippen molar-refractivity contribution < 1.29 is 9.21 Å². The Morgan fingerprint density at radius 3 is 2.19 bits per heavy atom. The Kier molecular flexibility index (Phi) is 6.13. The predicted octanol–water partition coefficient (Wildman–Crippen LogP) is 6.00. The minimum Gasteiger partial charge on any atom is -0.441 e. The first-order valence-electron chi connectivity index (χ1n) is 10.3. The largest absolute Gasteiger partial charge is 0.441 e. The molecule has 0 spiro atoms. The van der Waals surface area contributed by atoms with E-state index in [1.807, 2.05) is 79.7 Å². The number of carbonyl (C=O) groups excluding carboxylic acids is 1. The minimum atomic E-state index is -0.130. The molecule has 5 nitrogen and oxygen atoms in total. The van der Waals surface area contributed by atoms with E-state index in [0.717, 1.165) is 16.9 Å². The zero-order valence-corrected chi connectivity index (χ0v) is 17.6. The van der Waals surface area contributed by atoms with Crippen molar-refractivity contribution in [3.63, 3.8) is 0 Å². The van der Waals surface area contributed by atoms with Gasteiger partial charge in [-0.25, -0.2) is 4.98 Å². The molecule has 2 N–H and O–H groups in total. The van der Waals surface area contributed by atoms with E-state index in [1.54, 1.807) is 0 Å². The standard InChI is InChI=1S/C26H25N3O2/c1-18(20-9-5-3-6-10-20)27-22-13-15-23(16-14-22)28-25(30)17-24-19(2)31-26(29-24)21-11-7-4-8-12-21/h3-16,18,27H,17H2,1-2H3,(H,28,30). The fourth-order valence-corrected chi connectivity index (χ4v) is 3.38. The van der Waals surface area contributed by atoms with Crippen molar-refractivity contribution in [2.75, 3.05) is 10.6 Å². The summed E-state index contributed by atoms with van der Waals surface area (Å²) in [5.41, 5.74) is 4.50. The number of rotatable bonds is 7. The van der Waals surface area contributed by atoms with Crippen LogP contribution in [-0.2, 0) is 11.2 Å². The van der Waals surface area contributed by atoms with Crippen molar-refractivity contribution in [1.82, 2.24) is 4.98 Å². The average molecular weight is 412 g/mol. The van der Waals surface area contributed by atoms with Crippen molar-refractivity contribution in [3.8, 4) is 11.5 Å². The number of nitrogens with one attached hydrogen (secondary N) is 2. The van der Waals surface area contributed by atoms with Gasteiger partial charge >= 0.3 is 0 Å². The Labute approximate surface area is 182 Å². The molecule has 0 radical (unpaired) electrons. The van der Waals surface area contributed by atoms with Crippen LogP contribution >= 0.6 is 0 Å². The van der Waals surface area contributed by atoms with E-state index in [2.05, 4.69) is 34.7 Å². The van der Waals surface area contributed by atoms with Crippen LogP contribution < -0.4 is 10.6 Å². The van der Waals surface area contributed by atoms with Crippen LogP contribution in [0.1, 0.15) is 30.0 Å². The zero-order chi connectivity index (χ0) is 21.6. The van der Waals surface area contributed by atoms with Crippen molar-refractivity contribution in [2.24, 2.45) is 0 Å². The minimum absolute atomic E-state index is 0.130. The topological polar surface area (TPSA) is 67.2 Å². The molecule has 0 aliphatic rings. The molecule has 156 valence electrons. The Balaban J connectivity index is 1.35. The molecule has 1 amide bonds. The van der Waals surface area contributed by atoms with Gasteiger partial charge in [0, 0.05) is 23.0 Å². The van der Waals surface area contributed by atoms with Gasteiger partial charge in [0.05, 0.1) is 12.1 Å². The van der Waals surface area contributed by atoms with Crippen LogP contribution in [0.5, 0.6) is 0 Å². The van der Waals surface area contributed by atoms with Crippen molar-refractivity contribution in [1.29, 1.82) is 0 Å². The molecule has 1 unspecified atom stereocenters. The number of aromatic nitrogens is 1. The Bertz CT molecular complexity index is 1140. The number of aryl methyl sites for hydroxylation is 1. The van der Waals surface area contributed by atoms with Crippen LogP contribution in [0, 0.1) is 6.92 Å². The Hall–Kier alpha value is -3.86. The summed E-state index contributed by atoms with van der Waals surface area (Å²) in [5.74, 6) is 1.06. The second-order valence-electron chi connectivity index (χ2n) is 7.47. The fourth-order valence-electron chi connectivity index (χ4n) is 3.38. The summed E-state index contributed by atoms with van der Waals surface area (Å²) in [6.07, 6.45) is 0.160. The summed E-state index contributed by atoms with van der Waals surface area (Å²) < 4.78 is 5.74. The van der Waals surface area contributed by atoms with Crippen LogP contribution in [0.15, 0.2) is 89.3 Å². The van der Waals surface area contributed by atoms with Crippen LogP contribution in [0.25, 0.3) is 11.5 Å². The Morgan fingerprint density at radius 1 is 0.903 bits per heavy atom. The average Bonchev–Trinajstić information content (AvgIpc) is 3.16. The highest BCUT2D eigenvalue weighted by Gasteiger charge is 2.15. The highest BCUT2D eigenvalue weighted by Crippen LogP contribution is 2.23. The number of nitrogens with zero attached hydrogens (tertiary/aromatic N) is 1. The third-order valence-electron chi connectivity index (χ3n) is 5.09. The summed E-state index contributed by atoms with van der Waals surface area (Å²) in [4.78, 5) is 17.0. The molecule has 0 fully saturated rings. The predicted molar refractivity (Wildman–Crippen MR) is 124 cm³/mol. The number of anilines is 2. The van der Waals surface area contributed by atoms with E-state index in [4.69, 9.17) is 4.42 Å². The number of benzene rings is 3. The maximum absolute atomic E-state index is 12.5. The summed E-state index contributed by atoms with van der Waals surface area (Å²) in [6.45, 7) is 3.95. The molecule has 0 bridgehead atoms. The van der Waals surface area contributed by atoms with E-state index in [9.17, 15) is 4.79 Å². The molecule has 0 aliphatic carbocycles. The maximum Gasteiger partial charge on any atom is 0.230 e. The molecule has 3 aromatic carbocycles. The summed E-state index contributed by atoms with van der Waals surface area (Å²) in [6, 6.07) is 27.8. The second kappa shape index (κ2) is 9.30. The lowest BCUT2D eigenvalue weighted by molar-refractivity contribution is -0.115. The normalized spacial score (nSPS) is 11.7. The maximum atomic E-state index is 12.5. The molecule has 4 aromatic rings. The molecule has 0 saturated heterocycles. The fraction of sp³-hybridized carbons (Fsp3) is 0.154. The molecular formula is C26H25N3O2. The van der Waals surface area contributed by atoms with E-state index in [1.165, 1.54) is 5.56 Å². The molecule has 1 atom stereocenters. The van der Waals surface area contributed by atoms with Crippen LogP contribution in [0.4, 0.5) is 11.4 Å². The van der Waals surface area contributed by atoms with E-state index >= 15 is 0 Å². The summed E-state index contributed by atoms with van der Waals surface area (Å²) in [5, 5.41) is 6.40. The van der Waals surface area contributed by atoms with Crippen molar-refractivity contribution >= 4 is 17.3 Å². The molecule has 5 heteroatoms. The smallest absolute Gasteiger partial charge is 0.230 e. The summed E-state index contributed by atoms with van der Waals surface area (Å²) in [7, 11) is 0. The van der Waals surface area contributed by atoms with Gasteiger partial charge in [-0.2, -0.15) is 0 Å². The highest BCUT2D eigenvalue weighted by atomic mass is 16.4. The van der Waals surface area contributed by atoms with Gasteiger partial charge in [0.25, 0.3) is 0 Å². The van der Waals surface area contributed by atoms with Gasteiger partial charge in [-0.15, -0.1) is 0 Å². The van der Waals surface area contributed by atoms with Gasteiger partial charge in [0.15, 0.2) is 0 Å². The summed E-state index contributed by atoms with van der Waals surface area (Å²) >= 11 is 0. The molecule has 31 heavy (non-hydrogen) atoms. The van der Waals surface area contributed by atoms with Gasteiger partial charge in [-0.3, -0.25) is 4.79 Å². The highest BCUT2D eigenvalue weighted by molar-refractivity contribution is 5.92. The first-order valence-corrected chi connectivity index (χ1v) is 10.3. The monoisotopic (exact) mass is 411 g/mol. The lowest BCUT2D eigenvalue weighted by Gasteiger charge is -2.16. The van der Waals surface area contributed by atoms with E-state index in [0.29, 0.717) is 17.3 Å². The molecule has 1 heterocycles. The van der Waals surface area contributed by atoms with Gasteiger partial charge in [0.1, 0.15) is 5.76 Å². The van der Waals surface area contributed by atoms with Gasteiger partial charge in [0.2, 0.25) is 11.8 Å². The Morgan fingerprint density at radius 2 is 1.52 bits per heavy atom. The molecule has 0 aliphatic heterocycles. The van der Waals surface area contributed by atoms with Gasteiger partial charge < -0.3 is 15.1 Å². The SMILES string of the molecule is Cc1oc(-c2ccccc2)nc1CC(=O)Nc1ccc(NC(C)c2ccccc2)cc1. The number of carbonyl (C=O) groups is 1.